The Balaban J connectivity index is 2.09. The maximum atomic E-state index is 9.30. The molecule has 0 unspecified atom stereocenters. The van der Waals surface area contributed by atoms with E-state index in [-0.39, 0.29) is 0 Å². The van der Waals surface area contributed by atoms with Gasteiger partial charge in [0.1, 0.15) is 23.0 Å². The summed E-state index contributed by atoms with van der Waals surface area (Å²) in [6, 6.07) is 11.1. The van der Waals surface area contributed by atoms with Crippen LogP contribution < -0.4 is 14.2 Å². The Kier molecular flexibility index (Phi) is 5.53. The number of aryl methyl sites for hydroxylation is 1. The number of phenolic OH excluding ortho intramolecular Hbond substituents is 1. The van der Waals surface area contributed by atoms with Crippen molar-refractivity contribution in [2.75, 3.05) is 21.3 Å². The van der Waals surface area contributed by atoms with Gasteiger partial charge in [0.2, 0.25) is 0 Å². The van der Waals surface area contributed by atoms with E-state index in [0.29, 0.717) is 5.75 Å². The van der Waals surface area contributed by atoms with E-state index in [4.69, 9.17) is 14.2 Å². The third-order valence-corrected chi connectivity index (χ3v) is 3.65. The van der Waals surface area contributed by atoms with E-state index in [1.165, 1.54) is 5.56 Å². The van der Waals surface area contributed by atoms with Crippen LogP contribution in [0.2, 0.25) is 0 Å². The molecule has 2 aromatic rings. The van der Waals surface area contributed by atoms with Crippen LogP contribution in [0, 0.1) is 0 Å². The zero-order valence-electron chi connectivity index (χ0n) is 13.3. The first kappa shape index (κ1) is 16.0. The summed E-state index contributed by atoms with van der Waals surface area (Å²) in [4.78, 5) is 0. The van der Waals surface area contributed by atoms with Crippen LogP contribution in [-0.4, -0.2) is 26.4 Å². The Morgan fingerprint density at radius 1 is 0.818 bits per heavy atom. The monoisotopic (exact) mass is 302 g/mol. The van der Waals surface area contributed by atoms with Gasteiger partial charge in [0.05, 0.1) is 21.3 Å². The maximum absolute atomic E-state index is 9.30. The van der Waals surface area contributed by atoms with E-state index >= 15 is 0 Å². The largest absolute Gasteiger partial charge is 0.508 e. The highest BCUT2D eigenvalue weighted by atomic mass is 16.5. The van der Waals surface area contributed by atoms with Gasteiger partial charge in [-0.25, -0.2) is 0 Å². The van der Waals surface area contributed by atoms with Crippen LogP contribution in [0.1, 0.15) is 17.5 Å². The fourth-order valence-electron chi connectivity index (χ4n) is 2.46. The second-order valence-electron chi connectivity index (χ2n) is 5.03. The smallest absolute Gasteiger partial charge is 0.129 e. The standard InChI is InChI=1S/C18H22O4/c1-20-15-11-17(21-2)16(18(12-15)22-3)6-4-5-13-7-9-14(19)10-8-13/h7-12,19H,4-6H2,1-3H3. The summed E-state index contributed by atoms with van der Waals surface area (Å²) < 4.78 is 16.2. The van der Waals surface area contributed by atoms with Gasteiger partial charge in [-0.15, -0.1) is 0 Å². The van der Waals surface area contributed by atoms with E-state index < -0.39 is 0 Å². The van der Waals surface area contributed by atoms with Gasteiger partial charge in [-0.3, -0.25) is 0 Å². The normalized spacial score (nSPS) is 10.3. The molecule has 22 heavy (non-hydrogen) atoms. The molecule has 0 aliphatic heterocycles. The van der Waals surface area contributed by atoms with Gasteiger partial charge in [0.25, 0.3) is 0 Å². The van der Waals surface area contributed by atoms with E-state index in [2.05, 4.69) is 0 Å². The molecule has 0 bridgehead atoms. The highest BCUT2D eigenvalue weighted by Gasteiger charge is 2.13. The molecule has 4 nitrogen and oxygen atoms in total. The van der Waals surface area contributed by atoms with Gasteiger partial charge in [0, 0.05) is 17.7 Å². The minimum Gasteiger partial charge on any atom is -0.508 e. The highest BCUT2D eigenvalue weighted by Crippen LogP contribution is 2.35. The number of aromatic hydroxyl groups is 1. The van der Waals surface area contributed by atoms with Gasteiger partial charge in [-0.2, -0.15) is 0 Å². The minimum absolute atomic E-state index is 0.294. The topological polar surface area (TPSA) is 47.9 Å². The predicted molar refractivity (Wildman–Crippen MR) is 86.2 cm³/mol. The van der Waals surface area contributed by atoms with Crippen LogP contribution in [0.25, 0.3) is 0 Å². The number of rotatable bonds is 7. The van der Waals surface area contributed by atoms with Crippen LogP contribution in [0.15, 0.2) is 36.4 Å². The van der Waals surface area contributed by atoms with Crippen LogP contribution in [0.4, 0.5) is 0 Å². The van der Waals surface area contributed by atoms with Gasteiger partial charge >= 0.3 is 0 Å². The average Bonchev–Trinajstić information content (AvgIpc) is 2.56. The van der Waals surface area contributed by atoms with Crippen molar-refractivity contribution in [3.8, 4) is 23.0 Å². The molecule has 0 saturated carbocycles. The highest BCUT2D eigenvalue weighted by molar-refractivity contribution is 5.50. The fourth-order valence-corrected chi connectivity index (χ4v) is 2.46. The molecule has 2 rings (SSSR count). The van der Waals surface area contributed by atoms with Gasteiger partial charge < -0.3 is 19.3 Å². The van der Waals surface area contributed by atoms with Gasteiger partial charge in [-0.05, 0) is 37.0 Å². The first-order valence-corrected chi connectivity index (χ1v) is 7.24. The SMILES string of the molecule is COc1cc(OC)c(CCCc2ccc(O)cc2)c(OC)c1. The van der Waals surface area contributed by atoms with Crippen LogP contribution in [0.3, 0.4) is 0 Å². The molecule has 0 aliphatic rings. The van der Waals surface area contributed by atoms with Crippen molar-refractivity contribution in [3.63, 3.8) is 0 Å². The number of methoxy groups -OCH3 is 3. The van der Waals surface area contributed by atoms with Gasteiger partial charge in [0.15, 0.2) is 0 Å². The van der Waals surface area contributed by atoms with Crippen molar-refractivity contribution in [2.24, 2.45) is 0 Å². The van der Waals surface area contributed by atoms with E-state index in [0.717, 1.165) is 42.1 Å². The second kappa shape index (κ2) is 7.59. The molecule has 0 radical (unpaired) electrons. The first-order valence-electron chi connectivity index (χ1n) is 7.24. The predicted octanol–water partition coefficient (Wildman–Crippen LogP) is 3.59. The molecule has 0 fully saturated rings. The first-order chi connectivity index (χ1) is 10.7. The molecule has 2 aromatic carbocycles. The third kappa shape index (κ3) is 3.85. The molecule has 0 aromatic heterocycles. The maximum Gasteiger partial charge on any atom is 0.129 e. The minimum atomic E-state index is 0.294. The Morgan fingerprint density at radius 3 is 1.91 bits per heavy atom. The fraction of sp³-hybridized carbons (Fsp3) is 0.333. The molecule has 0 heterocycles. The second-order valence-corrected chi connectivity index (χ2v) is 5.03. The molecule has 0 saturated heterocycles. The molecular weight excluding hydrogens is 280 g/mol. The lowest BCUT2D eigenvalue weighted by molar-refractivity contribution is 0.368. The summed E-state index contributed by atoms with van der Waals surface area (Å²) in [5.41, 5.74) is 2.24. The van der Waals surface area contributed by atoms with Crippen molar-refractivity contribution in [1.29, 1.82) is 0 Å². The summed E-state index contributed by atoms with van der Waals surface area (Å²) in [6.45, 7) is 0. The van der Waals surface area contributed by atoms with E-state index in [1.54, 1.807) is 33.5 Å². The van der Waals surface area contributed by atoms with Gasteiger partial charge in [-0.1, -0.05) is 12.1 Å². The Bertz CT molecular complexity index is 580. The quantitative estimate of drug-likeness (QED) is 0.849. The summed E-state index contributed by atoms with van der Waals surface area (Å²) in [5, 5.41) is 9.30. The lowest BCUT2D eigenvalue weighted by atomic mass is 10.0. The lowest BCUT2D eigenvalue weighted by Gasteiger charge is -2.15. The summed E-state index contributed by atoms with van der Waals surface area (Å²) >= 11 is 0. The van der Waals surface area contributed by atoms with Crippen molar-refractivity contribution in [2.45, 2.75) is 19.3 Å². The van der Waals surface area contributed by atoms with Crippen molar-refractivity contribution >= 4 is 0 Å². The number of hydrogen-bond acceptors (Lipinski definition) is 4. The number of hydrogen-bond donors (Lipinski definition) is 1. The van der Waals surface area contributed by atoms with E-state index in [9.17, 15) is 5.11 Å². The Hall–Kier alpha value is -2.36. The lowest BCUT2D eigenvalue weighted by Crippen LogP contribution is -1.99. The molecule has 4 heteroatoms. The molecular formula is C18H22O4. The number of benzene rings is 2. The number of ether oxygens (including phenoxy) is 3. The summed E-state index contributed by atoms with van der Waals surface area (Å²) in [6.07, 6.45) is 2.74. The zero-order chi connectivity index (χ0) is 15.9. The van der Waals surface area contributed by atoms with Crippen molar-refractivity contribution in [3.05, 3.63) is 47.5 Å². The Morgan fingerprint density at radius 2 is 1.41 bits per heavy atom. The molecule has 0 atom stereocenters. The van der Waals surface area contributed by atoms with Crippen LogP contribution in [-0.2, 0) is 12.8 Å². The van der Waals surface area contributed by atoms with E-state index in [1.807, 2.05) is 24.3 Å². The molecule has 118 valence electrons. The summed E-state index contributed by atoms with van der Waals surface area (Å²) in [5.74, 6) is 2.57. The summed E-state index contributed by atoms with van der Waals surface area (Å²) in [7, 11) is 4.92. The van der Waals surface area contributed by atoms with Crippen molar-refractivity contribution in [1.82, 2.24) is 0 Å². The van der Waals surface area contributed by atoms with Crippen LogP contribution in [0.5, 0.6) is 23.0 Å². The molecule has 0 aliphatic carbocycles. The number of phenols is 1. The zero-order valence-corrected chi connectivity index (χ0v) is 13.3. The third-order valence-electron chi connectivity index (χ3n) is 3.65. The average molecular weight is 302 g/mol. The Labute approximate surface area is 131 Å². The molecule has 0 amide bonds. The van der Waals surface area contributed by atoms with Crippen LogP contribution >= 0.6 is 0 Å². The molecule has 1 N–H and O–H groups in total. The van der Waals surface area contributed by atoms with Crippen molar-refractivity contribution < 1.29 is 19.3 Å². The molecule has 0 spiro atoms.